The highest BCUT2D eigenvalue weighted by molar-refractivity contribution is 7.18. The van der Waals surface area contributed by atoms with Crippen LogP contribution in [0.4, 0.5) is 0 Å². The van der Waals surface area contributed by atoms with Crippen molar-refractivity contribution in [2.75, 3.05) is 13.1 Å². The maximum atomic E-state index is 13.8. The maximum absolute atomic E-state index is 13.8. The van der Waals surface area contributed by atoms with Crippen LogP contribution < -0.4 is 5.32 Å². The van der Waals surface area contributed by atoms with Crippen LogP contribution in [0.15, 0.2) is 54.6 Å². The van der Waals surface area contributed by atoms with E-state index in [0.29, 0.717) is 33.5 Å². The quantitative estimate of drug-likeness (QED) is 0.435. The fourth-order valence-electron chi connectivity index (χ4n) is 5.25. The van der Waals surface area contributed by atoms with Crippen molar-refractivity contribution >= 4 is 57.8 Å². The second kappa shape index (κ2) is 11.0. The third-order valence-electron chi connectivity index (χ3n) is 6.95. The number of hydrogen-bond acceptors (Lipinski definition) is 6. The van der Waals surface area contributed by atoms with E-state index in [-0.39, 0.29) is 42.0 Å². The Morgan fingerprint density at radius 3 is 2.42 bits per heavy atom. The minimum Gasteiger partial charge on any atom is -0.340 e. The van der Waals surface area contributed by atoms with Gasteiger partial charge in [-0.2, -0.15) is 0 Å². The van der Waals surface area contributed by atoms with Crippen molar-refractivity contribution < 1.29 is 19.2 Å². The van der Waals surface area contributed by atoms with Gasteiger partial charge < -0.3 is 15.1 Å². The molecule has 10 heteroatoms. The van der Waals surface area contributed by atoms with Crippen molar-refractivity contribution in [2.24, 2.45) is 5.92 Å². The molecule has 1 aromatic carbocycles. The molecule has 2 fully saturated rings. The van der Waals surface area contributed by atoms with E-state index < -0.39 is 12.1 Å². The van der Waals surface area contributed by atoms with Crippen LogP contribution >= 0.6 is 34.3 Å². The van der Waals surface area contributed by atoms with Crippen molar-refractivity contribution in [1.82, 2.24) is 15.1 Å². The number of rotatable bonds is 7. The van der Waals surface area contributed by atoms with Gasteiger partial charge in [0, 0.05) is 11.4 Å². The van der Waals surface area contributed by atoms with E-state index in [2.05, 4.69) is 5.32 Å². The molecule has 0 bridgehead atoms. The first-order valence-electron chi connectivity index (χ1n) is 12.6. The molecule has 2 aliphatic heterocycles. The molecule has 0 saturated carbocycles. The number of amides is 3. The molecule has 198 valence electrons. The van der Waals surface area contributed by atoms with E-state index in [9.17, 15) is 19.2 Å². The van der Waals surface area contributed by atoms with Gasteiger partial charge in [-0.25, -0.2) is 0 Å². The number of ketones is 1. The van der Waals surface area contributed by atoms with Crippen LogP contribution in [-0.2, 0) is 9.59 Å². The van der Waals surface area contributed by atoms with E-state index in [0.717, 1.165) is 10.4 Å². The lowest BCUT2D eigenvalue weighted by Gasteiger charge is -2.29. The normalized spacial score (nSPS) is 19.6. The lowest BCUT2D eigenvalue weighted by molar-refractivity contribution is -0.138. The Morgan fingerprint density at radius 1 is 1.00 bits per heavy atom. The number of carbonyl (C=O) groups excluding carboxylic acids is 4. The number of benzene rings is 1. The predicted octanol–water partition coefficient (Wildman–Crippen LogP) is 4.97. The van der Waals surface area contributed by atoms with Crippen LogP contribution in [0.2, 0.25) is 4.34 Å². The van der Waals surface area contributed by atoms with E-state index in [1.165, 1.54) is 22.7 Å². The molecular weight excluding hydrogens is 542 g/mol. The van der Waals surface area contributed by atoms with Crippen molar-refractivity contribution in [3.63, 3.8) is 0 Å². The summed E-state index contributed by atoms with van der Waals surface area (Å²) >= 11 is 8.56. The lowest BCUT2D eigenvalue weighted by Crippen LogP contribution is -2.52. The van der Waals surface area contributed by atoms with Gasteiger partial charge in [-0.1, -0.05) is 55.8 Å². The summed E-state index contributed by atoms with van der Waals surface area (Å²) < 4.78 is 0.507. The Morgan fingerprint density at radius 2 is 1.74 bits per heavy atom. The molecule has 7 nitrogen and oxygen atoms in total. The summed E-state index contributed by atoms with van der Waals surface area (Å²) in [6.45, 7) is 4.30. The van der Waals surface area contributed by atoms with Gasteiger partial charge in [-0.3, -0.25) is 19.2 Å². The first-order valence-corrected chi connectivity index (χ1v) is 14.6. The van der Waals surface area contributed by atoms with Gasteiger partial charge >= 0.3 is 0 Å². The summed E-state index contributed by atoms with van der Waals surface area (Å²) in [5, 5.41) is 2.94. The minimum atomic E-state index is -0.767. The van der Waals surface area contributed by atoms with Crippen LogP contribution in [0.3, 0.4) is 0 Å². The zero-order valence-corrected chi connectivity index (χ0v) is 23.4. The highest BCUT2D eigenvalue weighted by Crippen LogP contribution is 2.34. The van der Waals surface area contributed by atoms with Crippen molar-refractivity contribution in [1.29, 1.82) is 0 Å². The van der Waals surface area contributed by atoms with Crippen molar-refractivity contribution in [2.45, 2.75) is 44.8 Å². The summed E-state index contributed by atoms with van der Waals surface area (Å²) in [5.74, 6) is -0.836. The summed E-state index contributed by atoms with van der Waals surface area (Å²) in [6.07, 6.45) is 0.959. The largest absolute Gasteiger partial charge is 0.340 e. The summed E-state index contributed by atoms with van der Waals surface area (Å²) in [7, 11) is 0. The SMILES string of the molecule is CC(C)CC(NC(=O)c1ccc(-c2ccccc2)s1)C(=O)N1CCC2C1C(=O)CN2C(=O)c1ccc(Cl)s1. The van der Waals surface area contributed by atoms with Crippen LogP contribution in [0, 0.1) is 5.92 Å². The molecule has 2 aromatic heterocycles. The Bertz CT molecular complexity index is 1370. The van der Waals surface area contributed by atoms with Crippen LogP contribution in [0.1, 0.15) is 46.0 Å². The van der Waals surface area contributed by atoms with Crippen molar-refractivity contribution in [3.05, 3.63) is 68.7 Å². The Balaban J connectivity index is 1.31. The van der Waals surface area contributed by atoms with E-state index in [1.54, 1.807) is 28.0 Å². The zero-order chi connectivity index (χ0) is 27.0. The summed E-state index contributed by atoms with van der Waals surface area (Å²) in [4.78, 5) is 58.2. The highest BCUT2D eigenvalue weighted by Gasteiger charge is 2.52. The molecule has 1 N–H and O–H groups in total. The topological polar surface area (TPSA) is 86.8 Å². The summed E-state index contributed by atoms with van der Waals surface area (Å²) in [5.41, 5.74) is 1.03. The molecule has 0 spiro atoms. The monoisotopic (exact) mass is 569 g/mol. The summed E-state index contributed by atoms with van der Waals surface area (Å²) in [6, 6.07) is 15.0. The van der Waals surface area contributed by atoms with E-state index in [4.69, 9.17) is 11.6 Å². The molecular formula is C28H28ClN3O4S2. The third-order valence-corrected chi connectivity index (χ3v) is 9.30. The van der Waals surface area contributed by atoms with Gasteiger partial charge in [0.05, 0.1) is 26.7 Å². The number of nitrogens with zero attached hydrogens (tertiary/aromatic N) is 2. The average Bonchev–Trinajstić information content (AvgIpc) is 3.69. The fourth-order valence-corrected chi connectivity index (χ4v) is 7.16. The van der Waals surface area contributed by atoms with Gasteiger partial charge in [0.2, 0.25) is 5.91 Å². The zero-order valence-electron chi connectivity index (χ0n) is 21.1. The molecule has 2 saturated heterocycles. The molecule has 0 radical (unpaired) electrons. The molecule has 3 amide bonds. The first kappa shape index (κ1) is 26.6. The van der Waals surface area contributed by atoms with Gasteiger partial charge in [0.25, 0.3) is 11.8 Å². The number of thiophene rings is 2. The second-order valence-electron chi connectivity index (χ2n) is 10.0. The van der Waals surface area contributed by atoms with Crippen LogP contribution in [0.25, 0.3) is 10.4 Å². The number of fused-ring (bicyclic) bond motifs is 1. The number of likely N-dealkylation sites (tertiary alicyclic amines) is 2. The van der Waals surface area contributed by atoms with Crippen molar-refractivity contribution in [3.8, 4) is 10.4 Å². The smallest absolute Gasteiger partial charge is 0.264 e. The maximum Gasteiger partial charge on any atom is 0.264 e. The third kappa shape index (κ3) is 5.28. The Hall–Kier alpha value is -3.01. The van der Waals surface area contributed by atoms with Crippen LogP contribution in [0.5, 0.6) is 0 Å². The molecule has 3 aromatic rings. The molecule has 3 unspecified atom stereocenters. The molecule has 5 rings (SSSR count). The van der Waals surface area contributed by atoms with Gasteiger partial charge in [0.15, 0.2) is 5.78 Å². The lowest BCUT2D eigenvalue weighted by atomic mass is 10.0. The number of hydrogen-bond donors (Lipinski definition) is 1. The number of halogens is 1. The fraction of sp³-hybridized carbons (Fsp3) is 0.357. The molecule has 2 aliphatic rings. The van der Waals surface area contributed by atoms with Gasteiger partial charge in [0.1, 0.15) is 12.1 Å². The Kier molecular flexibility index (Phi) is 7.70. The Labute approximate surface area is 234 Å². The highest BCUT2D eigenvalue weighted by atomic mass is 35.5. The van der Waals surface area contributed by atoms with E-state index in [1.807, 2.05) is 50.2 Å². The molecule has 4 heterocycles. The second-order valence-corrected chi connectivity index (χ2v) is 12.8. The van der Waals surface area contributed by atoms with Gasteiger partial charge in [-0.05, 0) is 48.6 Å². The number of carbonyl (C=O) groups is 4. The van der Waals surface area contributed by atoms with E-state index >= 15 is 0 Å². The number of Topliss-reactive ketones (excluding diaryl/α,β-unsaturated/α-hetero) is 1. The molecule has 38 heavy (non-hydrogen) atoms. The van der Waals surface area contributed by atoms with Gasteiger partial charge in [-0.15, -0.1) is 22.7 Å². The first-order chi connectivity index (χ1) is 18.2. The molecule has 0 aliphatic carbocycles. The average molecular weight is 570 g/mol. The predicted molar refractivity (Wildman–Crippen MR) is 150 cm³/mol. The minimum absolute atomic E-state index is 0.0356. The number of nitrogens with one attached hydrogen (secondary N) is 1. The van der Waals surface area contributed by atoms with Crippen LogP contribution in [-0.4, -0.2) is 64.5 Å². The standard InChI is InChI=1S/C28H28ClN3O4S2/c1-16(2)14-18(30-26(34)22-9-8-21(37-22)17-6-4-3-5-7-17)27(35)31-13-12-19-25(31)20(33)15-32(19)28(36)23-10-11-24(29)38-23/h3-11,16,18-19,25H,12-15H2,1-2H3,(H,30,34). The molecule has 3 atom stereocenters.